The van der Waals surface area contributed by atoms with Gasteiger partial charge in [0.05, 0.1) is 5.69 Å². The van der Waals surface area contributed by atoms with E-state index in [1.165, 1.54) is 29.5 Å². The highest BCUT2D eigenvalue weighted by Gasteiger charge is 2.30. The molecule has 6 nitrogen and oxygen atoms in total. The highest BCUT2D eigenvalue weighted by atomic mass is 32.1. The first-order chi connectivity index (χ1) is 13.4. The van der Waals surface area contributed by atoms with Crippen molar-refractivity contribution in [1.82, 2.24) is 9.88 Å². The average molecular weight is 401 g/mol. The van der Waals surface area contributed by atoms with Crippen molar-refractivity contribution in [1.29, 1.82) is 0 Å². The molecule has 1 N–H and O–H groups in total. The maximum absolute atomic E-state index is 13.5. The van der Waals surface area contributed by atoms with E-state index in [-0.39, 0.29) is 29.3 Å². The summed E-state index contributed by atoms with van der Waals surface area (Å²) < 4.78 is 19.2. The first-order valence-corrected chi connectivity index (χ1v) is 10.0. The van der Waals surface area contributed by atoms with E-state index in [0.29, 0.717) is 47.6 Å². The van der Waals surface area contributed by atoms with Crippen molar-refractivity contribution in [2.24, 2.45) is 5.92 Å². The Kier molecular flexibility index (Phi) is 4.89. The predicted molar refractivity (Wildman–Crippen MR) is 105 cm³/mol. The number of likely N-dealkylation sites (tertiary alicyclic amines) is 1. The summed E-state index contributed by atoms with van der Waals surface area (Å²) >= 11 is 1.40. The summed E-state index contributed by atoms with van der Waals surface area (Å²) in [4.78, 5) is 31.2. The summed E-state index contributed by atoms with van der Waals surface area (Å²) in [6.07, 6.45) is 1.16. The Morgan fingerprint density at radius 2 is 2.04 bits per heavy atom. The van der Waals surface area contributed by atoms with Crippen LogP contribution in [0.15, 0.2) is 28.0 Å². The first kappa shape index (κ1) is 18.6. The largest absolute Gasteiger partial charge is 0.451 e. The van der Waals surface area contributed by atoms with Crippen LogP contribution >= 0.6 is 11.3 Å². The van der Waals surface area contributed by atoms with Crippen molar-refractivity contribution in [2.45, 2.75) is 26.7 Å². The molecule has 1 fully saturated rings. The monoisotopic (exact) mass is 401 g/mol. The number of fused-ring (bicyclic) bond motifs is 1. The maximum Gasteiger partial charge on any atom is 0.289 e. The second-order valence-corrected chi connectivity index (χ2v) is 7.90. The minimum Gasteiger partial charge on any atom is -0.451 e. The molecular weight excluding hydrogens is 381 g/mol. The summed E-state index contributed by atoms with van der Waals surface area (Å²) in [7, 11) is 0. The number of amides is 2. The number of thiazole rings is 1. The lowest BCUT2D eigenvalue weighted by Gasteiger charge is -2.30. The van der Waals surface area contributed by atoms with E-state index in [0.717, 1.165) is 5.69 Å². The zero-order chi connectivity index (χ0) is 19.8. The Hall–Kier alpha value is -2.74. The third kappa shape index (κ3) is 3.52. The molecule has 28 heavy (non-hydrogen) atoms. The molecule has 0 spiro atoms. The number of halogens is 1. The van der Waals surface area contributed by atoms with Gasteiger partial charge in [0.1, 0.15) is 11.4 Å². The number of nitrogens with zero attached hydrogens (tertiary/aromatic N) is 2. The van der Waals surface area contributed by atoms with Crippen molar-refractivity contribution in [3.05, 3.63) is 46.4 Å². The van der Waals surface area contributed by atoms with Crippen LogP contribution in [-0.4, -0.2) is 34.8 Å². The molecule has 1 saturated heterocycles. The molecule has 4 rings (SSSR count). The third-order valence-corrected chi connectivity index (χ3v) is 5.97. The number of piperidine rings is 1. The van der Waals surface area contributed by atoms with Crippen molar-refractivity contribution < 1.29 is 18.4 Å². The second kappa shape index (κ2) is 7.35. The molecule has 3 aromatic rings. The lowest BCUT2D eigenvalue weighted by atomic mass is 9.95. The second-order valence-electron chi connectivity index (χ2n) is 7.05. The van der Waals surface area contributed by atoms with Gasteiger partial charge < -0.3 is 14.6 Å². The minimum absolute atomic E-state index is 0.0585. The molecule has 0 bridgehead atoms. The Labute approximate surface area is 165 Å². The van der Waals surface area contributed by atoms with Crippen LogP contribution in [0.25, 0.3) is 11.0 Å². The molecule has 1 aliphatic rings. The quantitative estimate of drug-likeness (QED) is 0.716. The Bertz CT molecular complexity index is 1050. The number of hydrogen-bond donors (Lipinski definition) is 1. The highest BCUT2D eigenvalue weighted by Crippen LogP contribution is 2.28. The number of aromatic nitrogens is 1. The first-order valence-electron chi connectivity index (χ1n) is 9.13. The van der Waals surface area contributed by atoms with Crippen LogP contribution in [0.4, 0.5) is 9.52 Å². The van der Waals surface area contributed by atoms with E-state index >= 15 is 0 Å². The van der Waals surface area contributed by atoms with Crippen molar-refractivity contribution in [2.75, 3.05) is 18.4 Å². The zero-order valence-electron chi connectivity index (χ0n) is 15.6. The van der Waals surface area contributed by atoms with Gasteiger partial charge in [-0.2, -0.15) is 0 Å². The van der Waals surface area contributed by atoms with Gasteiger partial charge in [-0.15, -0.1) is 11.3 Å². The van der Waals surface area contributed by atoms with Crippen LogP contribution in [0.3, 0.4) is 0 Å². The van der Waals surface area contributed by atoms with Crippen molar-refractivity contribution in [3.8, 4) is 0 Å². The van der Waals surface area contributed by atoms with Gasteiger partial charge >= 0.3 is 0 Å². The summed E-state index contributed by atoms with van der Waals surface area (Å²) in [5, 5.41) is 5.95. The van der Waals surface area contributed by atoms with E-state index < -0.39 is 0 Å². The molecule has 8 heteroatoms. The molecule has 0 radical (unpaired) electrons. The van der Waals surface area contributed by atoms with Crippen LogP contribution in [0.5, 0.6) is 0 Å². The van der Waals surface area contributed by atoms with Crippen LogP contribution in [0, 0.1) is 25.6 Å². The van der Waals surface area contributed by atoms with E-state index in [1.54, 1.807) is 11.8 Å². The van der Waals surface area contributed by atoms with E-state index in [9.17, 15) is 14.0 Å². The standard InChI is InChI=1S/C20H20FN3O3S/c1-11-10-28-20(22-11)23-18(25)13-5-7-24(8-6-13)19(26)17-12(2)15-9-14(21)3-4-16(15)27-17/h3-4,9-10,13H,5-8H2,1-2H3,(H,22,23,25). The van der Waals surface area contributed by atoms with Crippen LogP contribution < -0.4 is 5.32 Å². The van der Waals surface area contributed by atoms with Crippen LogP contribution in [-0.2, 0) is 4.79 Å². The van der Waals surface area contributed by atoms with Gasteiger partial charge in [0.2, 0.25) is 5.91 Å². The molecule has 0 atom stereocenters. The topological polar surface area (TPSA) is 75.4 Å². The number of anilines is 1. The molecule has 146 valence electrons. The average Bonchev–Trinajstić information content (AvgIpc) is 3.24. The van der Waals surface area contributed by atoms with Crippen LogP contribution in [0.2, 0.25) is 0 Å². The fraction of sp³-hybridized carbons (Fsp3) is 0.350. The Morgan fingerprint density at radius 3 is 2.71 bits per heavy atom. The molecule has 1 aromatic carbocycles. The molecule has 1 aliphatic heterocycles. The number of carbonyl (C=O) groups is 2. The van der Waals surface area contributed by atoms with Gasteiger partial charge in [-0.1, -0.05) is 0 Å². The maximum atomic E-state index is 13.5. The lowest BCUT2D eigenvalue weighted by molar-refractivity contribution is -0.121. The van der Waals surface area contributed by atoms with Gasteiger partial charge in [0.15, 0.2) is 10.9 Å². The van der Waals surface area contributed by atoms with Gasteiger partial charge in [-0.05, 0) is 44.9 Å². The number of furan rings is 1. The number of benzene rings is 1. The molecule has 0 unspecified atom stereocenters. The molecule has 0 saturated carbocycles. The Balaban J connectivity index is 1.41. The van der Waals surface area contributed by atoms with Gasteiger partial charge in [-0.3, -0.25) is 9.59 Å². The Morgan fingerprint density at radius 1 is 1.29 bits per heavy atom. The van der Waals surface area contributed by atoms with E-state index in [1.807, 2.05) is 12.3 Å². The van der Waals surface area contributed by atoms with E-state index in [2.05, 4.69) is 10.3 Å². The molecule has 2 aromatic heterocycles. The summed E-state index contributed by atoms with van der Waals surface area (Å²) in [5.41, 5.74) is 2.01. The van der Waals surface area contributed by atoms with Crippen LogP contribution in [0.1, 0.15) is 34.7 Å². The summed E-state index contributed by atoms with van der Waals surface area (Å²) in [5.74, 6) is -0.557. The number of rotatable bonds is 3. The molecular formula is C20H20FN3O3S. The van der Waals surface area contributed by atoms with Gasteiger partial charge in [-0.25, -0.2) is 9.37 Å². The molecule has 2 amide bonds. The fourth-order valence-electron chi connectivity index (χ4n) is 3.50. The fourth-order valence-corrected chi connectivity index (χ4v) is 4.20. The number of nitrogens with one attached hydrogen (secondary N) is 1. The number of hydrogen-bond acceptors (Lipinski definition) is 5. The number of carbonyl (C=O) groups excluding carboxylic acids is 2. The highest BCUT2D eigenvalue weighted by molar-refractivity contribution is 7.13. The van der Waals surface area contributed by atoms with E-state index in [4.69, 9.17) is 4.42 Å². The third-order valence-electron chi connectivity index (χ3n) is 5.09. The van der Waals surface area contributed by atoms with Gasteiger partial charge in [0, 0.05) is 35.3 Å². The van der Waals surface area contributed by atoms with Crippen molar-refractivity contribution >= 4 is 39.3 Å². The zero-order valence-corrected chi connectivity index (χ0v) is 16.4. The predicted octanol–water partition coefficient (Wildman–Crippen LogP) is 4.14. The molecule has 3 heterocycles. The van der Waals surface area contributed by atoms with Crippen molar-refractivity contribution in [3.63, 3.8) is 0 Å². The summed E-state index contributed by atoms with van der Waals surface area (Å²) in [6.45, 7) is 4.58. The number of aryl methyl sites for hydroxylation is 2. The smallest absolute Gasteiger partial charge is 0.289 e. The molecule has 0 aliphatic carbocycles. The minimum atomic E-state index is -0.363. The normalized spacial score (nSPS) is 15.2. The lowest BCUT2D eigenvalue weighted by Crippen LogP contribution is -2.41. The summed E-state index contributed by atoms with van der Waals surface area (Å²) in [6, 6.07) is 4.22. The SMILES string of the molecule is Cc1csc(NC(=O)C2CCN(C(=O)c3oc4ccc(F)cc4c3C)CC2)n1. The van der Waals surface area contributed by atoms with Gasteiger partial charge in [0.25, 0.3) is 5.91 Å².